The van der Waals surface area contributed by atoms with E-state index in [1.165, 1.54) is 25.1 Å². The van der Waals surface area contributed by atoms with Crippen molar-refractivity contribution in [2.24, 2.45) is 0 Å². The number of alkyl halides is 3. The highest BCUT2D eigenvalue weighted by Gasteiger charge is 2.35. The number of carbonyl (C=O) groups excluding carboxylic acids is 1. The molecule has 0 radical (unpaired) electrons. The molecule has 8 heteroatoms. The van der Waals surface area contributed by atoms with Gasteiger partial charge in [0.25, 0.3) is 5.91 Å². The lowest BCUT2D eigenvalue weighted by Crippen LogP contribution is -2.20. The number of carboxylic acid groups (broad SMARTS) is 1. The van der Waals surface area contributed by atoms with Gasteiger partial charge in [-0.05, 0) is 65.9 Å². The van der Waals surface area contributed by atoms with Gasteiger partial charge in [0.05, 0.1) is 23.3 Å². The molecule has 0 aliphatic heterocycles. The first kappa shape index (κ1) is 23.0. The highest BCUT2D eigenvalue weighted by Crippen LogP contribution is 2.35. The summed E-state index contributed by atoms with van der Waals surface area (Å²) in [6.07, 6.45) is -4.77. The van der Waals surface area contributed by atoms with Gasteiger partial charge in [-0.1, -0.05) is 30.3 Å². The molecule has 3 rings (SSSR count). The summed E-state index contributed by atoms with van der Waals surface area (Å²) in [5, 5.41) is 21.1. The Morgan fingerprint density at radius 1 is 0.938 bits per heavy atom. The fourth-order valence-corrected chi connectivity index (χ4v) is 3.46. The van der Waals surface area contributed by atoms with Crippen LogP contribution in [0.25, 0.3) is 11.1 Å². The van der Waals surface area contributed by atoms with Crippen molar-refractivity contribution in [3.8, 4) is 11.1 Å². The van der Waals surface area contributed by atoms with E-state index in [1.807, 2.05) is 0 Å². The molecule has 0 unspecified atom stereocenters. The van der Waals surface area contributed by atoms with Crippen LogP contribution >= 0.6 is 0 Å². The number of carbonyl (C=O) groups is 2. The molecule has 3 N–H and O–H groups in total. The molecule has 0 aliphatic rings. The standard InChI is InChI=1S/C24H20F3NO4/c1-13-6-8-18(23(31)32)14(2)21(13)28-22(30)19-11-17(7-9-20(19)24(25,26)27)16-5-3-4-15(10-16)12-29/h3-11,29H,12H2,1-2H3,(H,28,30)(H,31,32). The summed E-state index contributed by atoms with van der Waals surface area (Å²) in [4.78, 5) is 24.4. The summed E-state index contributed by atoms with van der Waals surface area (Å²) >= 11 is 0. The average Bonchev–Trinajstić information content (AvgIpc) is 2.75. The van der Waals surface area contributed by atoms with Crippen LogP contribution in [0.15, 0.2) is 54.6 Å². The van der Waals surface area contributed by atoms with Gasteiger partial charge < -0.3 is 15.5 Å². The Balaban J connectivity index is 2.10. The molecule has 166 valence electrons. The molecule has 0 bridgehead atoms. The molecule has 0 heterocycles. The second-order valence-electron chi connectivity index (χ2n) is 7.31. The van der Waals surface area contributed by atoms with Crippen molar-refractivity contribution in [1.29, 1.82) is 0 Å². The number of benzene rings is 3. The van der Waals surface area contributed by atoms with Crippen LogP contribution in [0.4, 0.5) is 18.9 Å². The highest BCUT2D eigenvalue weighted by molar-refractivity contribution is 6.07. The van der Waals surface area contributed by atoms with Crippen LogP contribution in [-0.2, 0) is 12.8 Å². The van der Waals surface area contributed by atoms with Crippen LogP contribution in [0.5, 0.6) is 0 Å². The first-order chi connectivity index (χ1) is 15.0. The third-order valence-electron chi connectivity index (χ3n) is 5.15. The molecule has 3 aromatic rings. The summed E-state index contributed by atoms with van der Waals surface area (Å²) < 4.78 is 40.9. The summed E-state index contributed by atoms with van der Waals surface area (Å²) in [5.74, 6) is -2.22. The molecule has 0 atom stereocenters. The zero-order valence-corrected chi connectivity index (χ0v) is 17.2. The van der Waals surface area contributed by atoms with Crippen molar-refractivity contribution in [3.05, 3.63) is 88.0 Å². The number of aliphatic hydroxyl groups is 1. The van der Waals surface area contributed by atoms with Gasteiger partial charge in [0, 0.05) is 5.69 Å². The number of amides is 1. The maximum atomic E-state index is 13.6. The van der Waals surface area contributed by atoms with Crippen LogP contribution in [0, 0.1) is 13.8 Å². The number of nitrogens with one attached hydrogen (secondary N) is 1. The van der Waals surface area contributed by atoms with Crippen LogP contribution in [0.3, 0.4) is 0 Å². The zero-order valence-electron chi connectivity index (χ0n) is 17.2. The minimum atomic E-state index is -4.77. The molecular formula is C24H20F3NO4. The molecule has 0 aromatic heterocycles. The third kappa shape index (κ3) is 4.65. The van der Waals surface area contributed by atoms with Crippen LogP contribution in [0.1, 0.15) is 43.0 Å². The van der Waals surface area contributed by atoms with Crippen molar-refractivity contribution in [2.75, 3.05) is 5.32 Å². The number of aliphatic hydroxyl groups excluding tert-OH is 1. The SMILES string of the molecule is Cc1ccc(C(=O)O)c(C)c1NC(=O)c1cc(-c2cccc(CO)c2)ccc1C(F)(F)F. The maximum Gasteiger partial charge on any atom is 0.417 e. The average molecular weight is 443 g/mol. The third-order valence-corrected chi connectivity index (χ3v) is 5.15. The maximum absolute atomic E-state index is 13.6. The Labute approximate surface area is 182 Å². The molecule has 0 fully saturated rings. The van der Waals surface area contributed by atoms with Crippen molar-refractivity contribution in [3.63, 3.8) is 0 Å². The van der Waals surface area contributed by atoms with Gasteiger partial charge in [-0.25, -0.2) is 4.79 Å². The number of aryl methyl sites for hydroxylation is 1. The lowest BCUT2D eigenvalue weighted by atomic mass is 9.96. The summed E-state index contributed by atoms with van der Waals surface area (Å²) in [6.45, 7) is 2.86. The van der Waals surface area contributed by atoms with Gasteiger partial charge in [-0.15, -0.1) is 0 Å². The number of hydrogen-bond donors (Lipinski definition) is 3. The van der Waals surface area contributed by atoms with Gasteiger partial charge >= 0.3 is 12.1 Å². The Morgan fingerprint density at radius 3 is 2.25 bits per heavy atom. The lowest BCUT2D eigenvalue weighted by Gasteiger charge is -2.17. The molecule has 5 nitrogen and oxygen atoms in total. The largest absolute Gasteiger partial charge is 0.478 e. The topological polar surface area (TPSA) is 86.6 Å². The predicted molar refractivity (Wildman–Crippen MR) is 114 cm³/mol. The number of halogens is 3. The van der Waals surface area contributed by atoms with E-state index in [-0.39, 0.29) is 23.4 Å². The van der Waals surface area contributed by atoms with E-state index >= 15 is 0 Å². The fraction of sp³-hybridized carbons (Fsp3) is 0.167. The molecule has 3 aromatic carbocycles. The van der Waals surface area contributed by atoms with Gasteiger partial charge in [0.15, 0.2) is 0 Å². The van der Waals surface area contributed by atoms with E-state index in [4.69, 9.17) is 0 Å². The van der Waals surface area contributed by atoms with Gasteiger partial charge in [0.2, 0.25) is 0 Å². The van der Waals surface area contributed by atoms with Crippen LogP contribution in [-0.4, -0.2) is 22.1 Å². The van der Waals surface area contributed by atoms with Gasteiger partial charge in [-0.2, -0.15) is 13.2 Å². The molecule has 0 spiro atoms. The summed E-state index contributed by atoms with van der Waals surface area (Å²) in [5.41, 5.74) is 0.626. The molecule has 0 saturated carbocycles. The van der Waals surface area contributed by atoms with Crippen LogP contribution in [0.2, 0.25) is 0 Å². The second kappa shape index (κ2) is 8.84. The van der Waals surface area contributed by atoms with E-state index in [0.29, 0.717) is 22.3 Å². The van der Waals surface area contributed by atoms with Gasteiger partial charge in [-0.3, -0.25) is 4.79 Å². The lowest BCUT2D eigenvalue weighted by molar-refractivity contribution is -0.137. The molecule has 0 aliphatic carbocycles. The molecule has 32 heavy (non-hydrogen) atoms. The minimum absolute atomic E-state index is 0.0588. The van der Waals surface area contributed by atoms with Crippen molar-refractivity contribution >= 4 is 17.6 Å². The zero-order chi connectivity index (χ0) is 23.6. The monoisotopic (exact) mass is 443 g/mol. The normalized spacial score (nSPS) is 11.3. The van der Waals surface area contributed by atoms with E-state index in [0.717, 1.165) is 12.1 Å². The molecule has 1 amide bonds. The van der Waals surface area contributed by atoms with E-state index in [1.54, 1.807) is 31.2 Å². The van der Waals surface area contributed by atoms with Crippen molar-refractivity contribution < 1.29 is 33.0 Å². The highest BCUT2D eigenvalue weighted by atomic mass is 19.4. The second-order valence-corrected chi connectivity index (χ2v) is 7.31. The smallest absolute Gasteiger partial charge is 0.417 e. The van der Waals surface area contributed by atoms with Crippen molar-refractivity contribution in [1.82, 2.24) is 0 Å². The number of anilines is 1. The number of aromatic carboxylic acids is 1. The van der Waals surface area contributed by atoms with Gasteiger partial charge in [0.1, 0.15) is 0 Å². The van der Waals surface area contributed by atoms with Crippen LogP contribution < -0.4 is 5.32 Å². The Morgan fingerprint density at radius 2 is 1.62 bits per heavy atom. The summed E-state index contributed by atoms with van der Waals surface area (Å²) in [7, 11) is 0. The van der Waals surface area contributed by atoms with E-state index in [9.17, 15) is 33.0 Å². The number of rotatable bonds is 5. The first-order valence-corrected chi connectivity index (χ1v) is 9.59. The quantitative estimate of drug-likeness (QED) is 0.491. The minimum Gasteiger partial charge on any atom is -0.478 e. The Bertz CT molecular complexity index is 1200. The summed E-state index contributed by atoms with van der Waals surface area (Å²) in [6, 6.07) is 12.7. The van der Waals surface area contributed by atoms with E-state index < -0.39 is 29.2 Å². The fourth-order valence-electron chi connectivity index (χ4n) is 3.46. The predicted octanol–water partition coefficient (Wildman–Crippen LogP) is 5.43. The first-order valence-electron chi connectivity index (χ1n) is 9.59. The van der Waals surface area contributed by atoms with Crippen molar-refractivity contribution in [2.45, 2.75) is 26.6 Å². The molecular weight excluding hydrogens is 423 g/mol. The molecule has 0 saturated heterocycles. The Kier molecular flexibility index (Phi) is 6.36. The Hall–Kier alpha value is -3.65. The number of carboxylic acids is 1. The van der Waals surface area contributed by atoms with E-state index in [2.05, 4.69) is 5.32 Å². The number of hydrogen-bond acceptors (Lipinski definition) is 3.